The van der Waals surface area contributed by atoms with Crippen LogP contribution < -0.4 is 10.9 Å². The number of rotatable bonds is 9. The molecule has 0 atom stereocenters. The van der Waals surface area contributed by atoms with E-state index in [9.17, 15) is 4.79 Å². The first-order chi connectivity index (χ1) is 16.1. The van der Waals surface area contributed by atoms with Crippen LogP contribution in [0.4, 0.5) is 5.69 Å². The molecule has 2 heterocycles. The summed E-state index contributed by atoms with van der Waals surface area (Å²) in [5.74, 6) is 0.690. The van der Waals surface area contributed by atoms with Gasteiger partial charge in [0.05, 0.1) is 5.69 Å². The number of piperidine rings is 1. The third-order valence-electron chi connectivity index (χ3n) is 6.91. The highest BCUT2D eigenvalue weighted by atomic mass is 16.4. The number of hydrogen-bond donors (Lipinski definition) is 1. The van der Waals surface area contributed by atoms with Crippen molar-refractivity contribution < 1.29 is 4.42 Å². The lowest BCUT2D eigenvalue weighted by atomic mass is 9.94. The van der Waals surface area contributed by atoms with Gasteiger partial charge in [-0.3, -0.25) is 4.90 Å². The second-order valence-electron chi connectivity index (χ2n) is 9.23. The first kappa shape index (κ1) is 23.3. The van der Waals surface area contributed by atoms with Gasteiger partial charge in [-0.2, -0.15) is 0 Å². The first-order valence-electron chi connectivity index (χ1n) is 12.4. The van der Waals surface area contributed by atoms with E-state index in [1.54, 1.807) is 6.07 Å². The number of fused-ring (bicyclic) bond motifs is 1. The highest BCUT2D eigenvalue weighted by molar-refractivity contribution is 5.90. The number of hydrogen-bond acceptors (Lipinski definition) is 4. The monoisotopic (exact) mass is 444 g/mol. The van der Waals surface area contributed by atoms with Crippen molar-refractivity contribution in [2.24, 2.45) is 5.92 Å². The smallest absolute Gasteiger partial charge is 0.338 e. The minimum Gasteiger partial charge on any atom is -0.423 e. The summed E-state index contributed by atoms with van der Waals surface area (Å²) in [5.41, 5.74) is 3.85. The minimum absolute atomic E-state index is 0.291. The van der Waals surface area contributed by atoms with Gasteiger partial charge in [0.1, 0.15) is 5.58 Å². The second kappa shape index (κ2) is 11.3. The Bertz CT molecular complexity index is 1110. The number of anilines is 1. The molecule has 0 radical (unpaired) electrons. The first-order valence-corrected chi connectivity index (χ1v) is 12.4. The average Bonchev–Trinajstić information content (AvgIpc) is 2.84. The lowest BCUT2D eigenvalue weighted by Crippen LogP contribution is -2.39. The van der Waals surface area contributed by atoms with Gasteiger partial charge in [0.25, 0.3) is 0 Å². The van der Waals surface area contributed by atoms with Crippen molar-refractivity contribution in [3.63, 3.8) is 0 Å². The maximum absolute atomic E-state index is 12.2. The fourth-order valence-corrected chi connectivity index (χ4v) is 4.75. The molecule has 0 amide bonds. The molecule has 1 fully saturated rings. The van der Waals surface area contributed by atoms with Crippen molar-refractivity contribution in [2.75, 3.05) is 25.0 Å². The minimum atomic E-state index is -0.291. The third kappa shape index (κ3) is 6.35. The molecule has 0 aliphatic carbocycles. The number of nitrogens with zero attached hydrogens (tertiary/aromatic N) is 1. The van der Waals surface area contributed by atoms with E-state index in [0.29, 0.717) is 17.5 Å². The molecule has 1 saturated heterocycles. The van der Waals surface area contributed by atoms with Gasteiger partial charge in [-0.1, -0.05) is 75.2 Å². The van der Waals surface area contributed by atoms with Gasteiger partial charge in [-0.15, -0.1) is 0 Å². The van der Waals surface area contributed by atoms with Gasteiger partial charge in [-0.25, -0.2) is 4.79 Å². The van der Waals surface area contributed by atoms with Crippen molar-refractivity contribution in [1.82, 2.24) is 4.90 Å². The van der Waals surface area contributed by atoms with E-state index < -0.39 is 0 Å². The van der Waals surface area contributed by atoms with E-state index in [2.05, 4.69) is 72.6 Å². The molecule has 0 bridgehead atoms. The fraction of sp³-hybridized carbons (Fsp3) is 0.414. The van der Waals surface area contributed by atoms with Crippen LogP contribution in [0.2, 0.25) is 0 Å². The average molecular weight is 445 g/mol. The van der Waals surface area contributed by atoms with Crippen molar-refractivity contribution in [1.29, 1.82) is 0 Å². The summed E-state index contributed by atoms with van der Waals surface area (Å²) < 4.78 is 5.49. The van der Waals surface area contributed by atoms with Gasteiger partial charge in [0.2, 0.25) is 0 Å². The number of likely N-dealkylation sites (tertiary alicyclic amines) is 1. The Labute approximate surface area is 197 Å². The largest absolute Gasteiger partial charge is 0.423 e. The zero-order valence-electron chi connectivity index (χ0n) is 19.9. The zero-order chi connectivity index (χ0) is 23.0. The summed E-state index contributed by atoms with van der Waals surface area (Å²) in [6.07, 6.45) is 10.0. The topological polar surface area (TPSA) is 45.5 Å². The molecule has 1 aliphatic heterocycles. The Morgan fingerprint density at radius 3 is 2.55 bits per heavy atom. The van der Waals surface area contributed by atoms with Crippen LogP contribution in [-0.2, 0) is 6.42 Å². The lowest BCUT2D eigenvalue weighted by molar-refractivity contribution is 0.240. The Morgan fingerprint density at radius 1 is 1.06 bits per heavy atom. The molecule has 3 aromatic rings. The van der Waals surface area contributed by atoms with Crippen molar-refractivity contribution in [3.8, 4) is 0 Å². The Kier molecular flexibility index (Phi) is 8.01. The summed E-state index contributed by atoms with van der Waals surface area (Å²) >= 11 is 0. The van der Waals surface area contributed by atoms with Crippen LogP contribution >= 0.6 is 0 Å². The van der Waals surface area contributed by atoms with E-state index >= 15 is 0 Å². The Hall–Kier alpha value is -2.85. The molecule has 2 aromatic carbocycles. The molecule has 1 N–H and O–H groups in total. The van der Waals surface area contributed by atoms with Gasteiger partial charge < -0.3 is 9.73 Å². The third-order valence-corrected chi connectivity index (χ3v) is 6.91. The summed E-state index contributed by atoms with van der Waals surface area (Å²) in [6, 6.07) is 18.7. The molecule has 174 valence electrons. The van der Waals surface area contributed by atoms with E-state index in [0.717, 1.165) is 50.0 Å². The number of nitrogens with one attached hydrogen (secondary N) is 1. The predicted molar refractivity (Wildman–Crippen MR) is 139 cm³/mol. The fourth-order valence-electron chi connectivity index (χ4n) is 4.75. The van der Waals surface area contributed by atoms with E-state index in [1.807, 2.05) is 12.1 Å². The molecule has 1 aliphatic rings. The van der Waals surface area contributed by atoms with Gasteiger partial charge in [0, 0.05) is 37.1 Å². The van der Waals surface area contributed by atoms with Crippen molar-refractivity contribution in [3.05, 3.63) is 82.2 Å². The maximum Gasteiger partial charge on any atom is 0.338 e. The summed E-state index contributed by atoms with van der Waals surface area (Å²) in [7, 11) is 0. The lowest BCUT2D eigenvalue weighted by Gasteiger charge is -2.32. The van der Waals surface area contributed by atoms with Crippen LogP contribution in [0.15, 0.2) is 69.9 Å². The molecule has 1 aromatic heterocycles. The Morgan fingerprint density at radius 2 is 1.82 bits per heavy atom. The molecular formula is C29H36N2O2. The molecule has 4 rings (SSSR count). The second-order valence-corrected chi connectivity index (χ2v) is 9.23. The molecule has 0 saturated carbocycles. The molecule has 33 heavy (non-hydrogen) atoms. The summed E-state index contributed by atoms with van der Waals surface area (Å²) in [5, 5.41) is 4.69. The standard InChI is InChI=1S/C29H36N2O2/c1-3-22(4-2)19-24-12-13-28-26(20-24)27(21-29(32)33-28)30-25-14-17-31(18-15-25)16-8-11-23-9-6-5-7-10-23/h5-13,20-22,25,30H,3-4,14-19H2,1-2H3. The van der Waals surface area contributed by atoms with Crippen LogP contribution in [0, 0.1) is 5.92 Å². The SMILES string of the molecule is CCC(CC)Cc1ccc2oc(=O)cc(NC3CCN(CC=Cc4ccccc4)CC3)c2c1. The molecule has 4 heteroatoms. The van der Waals surface area contributed by atoms with E-state index in [1.165, 1.54) is 24.0 Å². The molecule has 4 nitrogen and oxygen atoms in total. The predicted octanol–water partition coefficient (Wildman–Crippen LogP) is 6.36. The number of benzene rings is 2. The Balaban J connectivity index is 1.39. The van der Waals surface area contributed by atoms with E-state index in [-0.39, 0.29) is 5.63 Å². The molecular weight excluding hydrogens is 408 g/mol. The van der Waals surface area contributed by atoms with Crippen molar-refractivity contribution in [2.45, 2.75) is 52.0 Å². The maximum atomic E-state index is 12.2. The summed E-state index contributed by atoms with van der Waals surface area (Å²) in [6.45, 7) is 7.58. The normalized spacial score (nSPS) is 15.6. The van der Waals surface area contributed by atoms with Crippen LogP contribution in [0.5, 0.6) is 0 Å². The quantitative estimate of drug-likeness (QED) is 0.390. The molecule has 0 unspecified atom stereocenters. The molecule has 0 spiro atoms. The van der Waals surface area contributed by atoms with Crippen LogP contribution in [0.25, 0.3) is 17.0 Å². The van der Waals surface area contributed by atoms with Crippen molar-refractivity contribution >= 4 is 22.7 Å². The van der Waals surface area contributed by atoms with Gasteiger partial charge >= 0.3 is 5.63 Å². The zero-order valence-corrected chi connectivity index (χ0v) is 19.9. The van der Waals surface area contributed by atoms with Crippen LogP contribution in [0.1, 0.15) is 50.7 Å². The highest BCUT2D eigenvalue weighted by Gasteiger charge is 2.19. The van der Waals surface area contributed by atoms with Crippen LogP contribution in [0.3, 0.4) is 0 Å². The summed E-state index contributed by atoms with van der Waals surface area (Å²) in [4.78, 5) is 14.7. The van der Waals surface area contributed by atoms with Gasteiger partial charge in [0.15, 0.2) is 0 Å². The highest BCUT2D eigenvalue weighted by Crippen LogP contribution is 2.27. The van der Waals surface area contributed by atoms with Crippen LogP contribution in [-0.4, -0.2) is 30.6 Å². The van der Waals surface area contributed by atoms with E-state index in [4.69, 9.17) is 4.42 Å². The van der Waals surface area contributed by atoms with Gasteiger partial charge in [-0.05, 0) is 48.4 Å².